The molecule has 1 aliphatic rings. The van der Waals surface area contributed by atoms with E-state index in [1.54, 1.807) is 6.92 Å². The van der Waals surface area contributed by atoms with E-state index in [9.17, 15) is 22.8 Å². The largest absolute Gasteiger partial charge is 0.479 e. The number of benzene rings is 1. The van der Waals surface area contributed by atoms with Crippen LogP contribution in [0.2, 0.25) is 0 Å². The molecular formula is C16H18F3NO4. The lowest BCUT2D eigenvalue weighted by molar-refractivity contribution is -0.160. The number of ether oxygens (including phenoxy) is 1. The highest BCUT2D eigenvalue weighted by atomic mass is 19.4. The molecule has 1 aromatic rings. The van der Waals surface area contributed by atoms with Crippen LogP contribution in [-0.2, 0) is 26.9 Å². The van der Waals surface area contributed by atoms with E-state index in [1.807, 2.05) is 0 Å². The standard InChI is InChI=1S/C16H18F3NO4/c1-10(8-11-2-4-12(5-3-11)16(17,18)19)14(21)20-6-7-24-13(9-20)15(22)23/h2-5,10,13H,6-9H2,1H3,(H,22,23)/t10-,13+/m0/s1. The minimum atomic E-state index is -4.39. The van der Waals surface area contributed by atoms with Crippen LogP contribution in [0.25, 0.3) is 0 Å². The highest BCUT2D eigenvalue weighted by Gasteiger charge is 2.32. The van der Waals surface area contributed by atoms with Gasteiger partial charge in [0.1, 0.15) is 0 Å². The number of hydrogen-bond donors (Lipinski definition) is 1. The predicted octanol–water partition coefficient (Wildman–Crippen LogP) is 2.20. The zero-order valence-electron chi connectivity index (χ0n) is 13.0. The molecule has 8 heteroatoms. The Hall–Kier alpha value is -2.09. The smallest absolute Gasteiger partial charge is 0.416 e. The monoisotopic (exact) mass is 345 g/mol. The van der Waals surface area contributed by atoms with Crippen molar-refractivity contribution in [3.63, 3.8) is 0 Å². The average Bonchev–Trinajstić information content (AvgIpc) is 2.53. The number of morpholine rings is 1. The van der Waals surface area contributed by atoms with Crippen molar-refractivity contribution >= 4 is 11.9 Å². The number of carbonyl (C=O) groups excluding carboxylic acids is 1. The lowest BCUT2D eigenvalue weighted by atomic mass is 9.98. The predicted molar refractivity (Wildman–Crippen MR) is 78.3 cm³/mol. The summed E-state index contributed by atoms with van der Waals surface area (Å²) in [6.07, 6.45) is -5.15. The van der Waals surface area contributed by atoms with Crippen LogP contribution in [0.5, 0.6) is 0 Å². The summed E-state index contributed by atoms with van der Waals surface area (Å²) in [7, 11) is 0. The molecule has 0 aliphatic carbocycles. The molecule has 1 saturated heterocycles. The molecule has 0 saturated carbocycles. The molecule has 2 rings (SSSR count). The van der Waals surface area contributed by atoms with E-state index in [0.717, 1.165) is 12.1 Å². The van der Waals surface area contributed by atoms with E-state index in [1.165, 1.54) is 17.0 Å². The van der Waals surface area contributed by atoms with Crippen LogP contribution >= 0.6 is 0 Å². The number of nitrogens with zero attached hydrogens (tertiary/aromatic N) is 1. The lowest BCUT2D eigenvalue weighted by Gasteiger charge is -2.32. The van der Waals surface area contributed by atoms with Crippen LogP contribution in [-0.4, -0.2) is 47.7 Å². The normalized spacial score (nSPS) is 19.8. The number of halogens is 3. The summed E-state index contributed by atoms with van der Waals surface area (Å²) in [5.41, 5.74) is -0.116. The molecule has 0 bridgehead atoms. The van der Waals surface area contributed by atoms with Crippen molar-refractivity contribution in [1.29, 1.82) is 0 Å². The van der Waals surface area contributed by atoms with E-state index >= 15 is 0 Å². The fourth-order valence-corrected chi connectivity index (χ4v) is 2.58. The molecule has 1 fully saturated rings. The molecule has 0 spiro atoms. The van der Waals surface area contributed by atoms with Crippen molar-refractivity contribution in [1.82, 2.24) is 4.90 Å². The zero-order chi connectivity index (χ0) is 17.9. The van der Waals surface area contributed by atoms with Gasteiger partial charge in [0, 0.05) is 12.5 Å². The first kappa shape index (κ1) is 18.3. The quantitative estimate of drug-likeness (QED) is 0.908. The Kier molecular flexibility index (Phi) is 5.48. The minimum absolute atomic E-state index is 0.0223. The SMILES string of the molecule is C[C@@H](Cc1ccc(C(F)(F)F)cc1)C(=O)N1CCO[C@@H](C(=O)O)C1. The van der Waals surface area contributed by atoms with Crippen molar-refractivity contribution in [2.24, 2.45) is 5.92 Å². The zero-order valence-corrected chi connectivity index (χ0v) is 13.0. The molecule has 1 aromatic carbocycles. The summed E-state index contributed by atoms with van der Waals surface area (Å²) in [5.74, 6) is -1.82. The molecule has 0 unspecified atom stereocenters. The highest BCUT2D eigenvalue weighted by Crippen LogP contribution is 2.29. The Morgan fingerprint density at radius 1 is 1.33 bits per heavy atom. The summed E-state index contributed by atoms with van der Waals surface area (Å²) in [4.78, 5) is 24.8. The number of rotatable bonds is 4. The molecule has 2 atom stereocenters. The van der Waals surface area contributed by atoms with Gasteiger partial charge in [-0.05, 0) is 24.1 Å². The molecule has 24 heavy (non-hydrogen) atoms. The number of carboxylic acids is 1. The number of amides is 1. The Bertz CT molecular complexity index is 600. The summed E-state index contributed by atoms with van der Waals surface area (Å²) in [6.45, 7) is 2.10. The van der Waals surface area contributed by atoms with Crippen molar-refractivity contribution in [3.05, 3.63) is 35.4 Å². The van der Waals surface area contributed by atoms with Gasteiger partial charge in [0.05, 0.1) is 18.7 Å². The topological polar surface area (TPSA) is 66.8 Å². The molecular weight excluding hydrogens is 327 g/mol. The Morgan fingerprint density at radius 3 is 2.50 bits per heavy atom. The second-order valence-electron chi connectivity index (χ2n) is 5.78. The Balaban J connectivity index is 1.97. The Labute approximate surface area is 137 Å². The van der Waals surface area contributed by atoms with Gasteiger partial charge in [-0.1, -0.05) is 19.1 Å². The first-order chi connectivity index (χ1) is 11.2. The van der Waals surface area contributed by atoms with Gasteiger partial charge in [-0.3, -0.25) is 4.79 Å². The first-order valence-corrected chi connectivity index (χ1v) is 7.48. The van der Waals surface area contributed by atoms with E-state index in [0.29, 0.717) is 12.1 Å². The van der Waals surface area contributed by atoms with E-state index in [4.69, 9.17) is 9.84 Å². The van der Waals surface area contributed by atoms with Crippen molar-refractivity contribution < 1.29 is 32.6 Å². The molecule has 132 valence electrons. The summed E-state index contributed by atoms with van der Waals surface area (Å²) in [6, 6.07) is 4.68. The van der Waals surface area contributed by atoms with E-state index in [-0.39, 0.29) is 25.5 Å². The van der Waals surface area contributed by atoms with Crippen molar-refractivity contribution in [2.75, 3.05) is 19.7 Å². The molecule has 1 N–H and O–H groups in total. The highest BCUT2D eigenvalue weighted by molar-refractivity contribution is 5.80. The third-order valence-electron chi connectivity index (χ3n) is 3.90. The number of carbonyl (C=O) groups is 2. The van der Waals surface area contributed by atoms with Crippen LogP contribution in [0.15, 0.2) is 24.3 Å². The van der Waals surface area contributed by atoms with Gasteiger partial charge < -0.3 is 14.7 Å². The number of hydrogen-bond acceptors (Lipinski definition) is 3. The molecule has 5 nitrogen and oxygen atoms in total. The van der Waals surface area contributed by atoms with Gasteiger partial charge in [0.15, 0.2) is 6.10 Å². The molecule has 0 radical (unpaired) electrons. The van der Waals surface area contributed by atoms with E-state index in [2.05, 4.69) is 0 Å². The van der Waals surface area contributed by atoms with Crippen molar-refractivity contribution in [2.45, 2.75) is 25.6 Å². The molecule has 1 amide bonds. The molecule has 1 aliphatic heterocycles. The van der Waals surface area contributed by atoms with Crippen LogP contribution in [0.1, 0.15) is 18.1 Å². The minimum Gasteiger partial charge on any atom is -0.479 e. The lowest BCUT2D eigenvalue weighted by Crippen LogP contribution is -2.50. The summed E-state index contributed by atoms with van der Waals surface area (Å²) >= 11 is 0. The fourth-order valence-electron chi connectivity index (χ4n) is 2.58. The van der Waals surface area contributed by atoms with Gasteiger partial charge in [-0.15, -0.1) is 0 Å². The maximum absolute atomic E-state index is 12.5. The summed E-state index contributed by atoms with van der Waals surface area (Å²) in [5, 5.41) is 8.95. The van der Waals surface area contributed by atoms with Gasteiger partial charge in [0.2, 0.25) is 5.91 Å². The average molecular weight is 345 g/mol. The number of carboxylic acid groups (broad SMARTS) is 1. The second-order valence-corrected chi connectivity index (χ2v) is 5.78. The Morgan fingerprint density at radius 2 is 1.96 bits per heavy atom. The van der Waals surface area contributed by atoms with Gasteiger partial charge >= 0.3 is 12.1 Å². The maximum atomic E-state index is 12.5. The molecule has 0 aromatic heterocycles. The second kappa shape index (κ2) is 7.21. The van der Waals surface area contributed by atoms with E-state index < -0.39 is 29.7 Å². The van der Waals surface area contributed by atoms with Crippen LogP contribution in [0.3, 0.4) is 0 Å². The van der Waals surface area contributed by atoms with Crippen LogP contribution in [0, 0.1) is 5.92 Å². The third-order valence-corrected chi connectivity index (χ3v) is 3.90. The van der Waals surface area contributed by atoms with Crippen LogP contribution < -0.4 is 0 Å². The summed E-state index contributed by atoms with van der Waals surface area (Å²) < 4.78 is 42.7. The maximum Gasteiger partial charge on any atom is 0.416 e. The van der Waals surface area contributed by atoms with Gasteiger partial charge in [0.25, 0.3) is 0 Å². The van der Waals surface area contributed by atoms with Crippen molar-refractivity contribution in [3.8, 4) is 0 Å². The van der Waals surface area contributed by atoms with Crippen LogP contribution in [0.4, 0.5) is 13.2 Å². The molecule has 1 heterocycles. The van der Waals surface area contributed by atoms with Gasteiger partial charge in [-0.2, -0.15) is 13.2 Å². The number of aliphatic carboxylic acids is 1. The third kappa shape index (κ3) is 4.47. The van der Waals surface area contributed by atoms with Gasteiger partial charge in [-0.25, -0.2) is 4.79 Å². The fraction of sp³-hybridized carbons (Fsp3) is 0.500. The number of alkyl halides is 3. The first-order valence-electron chi connectivity index (χ1n) is 7.48.